The van der Waals surface area contributed by atoms with Gasteiger partial charge in [0.1, 0.15) is 0 Å². The molecule has 3 aromatic heterocycles. The molecule has 0 fully saturated rings. The van der Waals surface area contributed by atoms with Crippen LogP contribution in [0.25, 0.3) is 16.0 Å². The van der Waals surface area contributed by atoms with E-state index in [4.69, 9.17) is 4.98 Å². The van der Waals surface area contributed by atoms with Crippen LogP contribution in [0.4, 0.5) is 10.8 Å². The number of hydrogen-bond acceptors (Lipinski definition) is 6. The molecule has 0 bridgehead atoms. The van der Waals surface area contributed by atoms with E-state index in [0.29, 0.717) is 10.9 Å². The molecule has 0 aliphatic heterocycles. The molecule has 0 aliphatic carbocycles. The fourth-order valence-corrected chi connectivity index (χ4v) is 4.51. The maximum Gasteiger partial charge on any atom is 0.304 e. The van der Waals surface area contributed by atoms with Crippen LogP contribution in [-0.4, -0.2) is 30.5 Å². The Kier molecular flexibility index (Phi) is 4.71. The molecule has 5 aromatic rings. The molecular formula is C23H20N6OS. The molecule has 31 heavy (non-hydrogen) atoms. The third-order valence-corrected chi connectivity index (χ3v) is 6.12. The zero-order chi connectivity index (χ0) is 21.5. The summed E-state index contributed by atoms with van der Waals surface area (Å²) in [5.41, 5.74) is 3.53. The lowest BCUT2D eigenvalue weighted by atomic mass is 10.0. The van der Waals surface area contributed by atoms with E-state index < -0.39 is 0 Å². The van der Waals surface area contributed by atoms with Crippen LogP contribution in [0.15, 0.2) is 60.8 Å². The molecule has 0 saturated carbocycles. The van der Waals surface area contributed by atoms with Gasteiger partial charge in [0.15, 0.2) is 5.13 Å². The summed E-state index contributed by atoms with van der Waals surface area (Å²) in [5, 5.41) is 5.03. The summed E-state index contributed by atoms with van der Waals surface area (Å²) in [6.07, 6.45) is 1.66. The molecule has 3 heterocycles. The van der Waals surface area contributed by atoms with Crippen LogP contribution >= 0.6 is 11.3 Å². The van der Waals surface area contributed by atoms with Gasteiger partial charge in [0.2, 0.25) is 5.82 Å². The first-order chi connectivity index (χ1) is 15.0. The summed E-state index contributed by atoms with van der Waals surface area (Å²) in [5.74, 6) is 0.361. The van der Waals surface area contributed by atoms with Gasteiger partial charge >= 0.3 is 5.91 Å². The van der Waals surface area contributed by atoms with E-state index in [1.807, 2.05) is 61.5 Å². The molecule has 154 valence electrons. The van der Waals surface area contributed by atoms with Crippen LogP contribution in [0.3, 0.4) is 0 Å². The quantitative estimate of drug-likeness (QED) is 0.396. The number of carbonyl (C=O) groups is 1. The van der Waals surface area contributed by atoms with Gasteiger partial charge in [0, 0.05) is 11.9 Å². The maximum atomic E-state index is 13.8. The third kappa shape index (κ3) is 3.34. The summed E-state index contributed by atoms with van der Waals surface area (Å²) >= 11 is 1.47. The molecule has 0 spiro atoms. The second-order valence-electron chi connectivity index (χ2n) is 7.55. The van der Waals surface area contributed by atoms with Crippen LogP contribution in [0, 0.1) is 6.92 Å². The highest BCUT2D eigenvalue weighted by molar-refractivity contribution is 7.22. The number of aromatic nitrogens is 5. The largest absolute Gasteiger partial charge is 0.304 e. The second kappa shape index (κ2) is 7.55. The number of aryl methyl sites for hydroxylation is 1. The standard InChI is InChI=1S/C23H20N6OS/c1-14(2)16-8-4-6-10-18(16)28(23-25-17-9-5-7-11-19(17)31-23)21(30)20-26-22-24-13-12-15(3)29(22)27-20/h4-14H,1-3H3. The van der Waals surface area contributed by atoms with Crippen molar-refractivity contribution in [3.63, 3.8) is 0 Å². The van der Waals surface area contributed by atoms with E-state index in [1.54, 1.807) is 15.6 Å². The van der Waals surface area contributed by atoms with Crippen molar-refractivity contribution in [1.29, 1.82) is 0 Å². The van der Waals surface area contributed by atoms with Crippen LogP contribution in [0.5, 0.6) is 0 Å². The number of para-hydroxylation sites is 2. The van der Waals surface area contributed by atoms with E-state index in [9.17, 15) is 4.79 Å². The number of fused-ring (bicyclic) bond motifs is 2. The van der Waals surface area contributed by atoms with Crippen molar-refractivity contribution in [3.05, 3.63) is 77.9 Å². The van der Waals surface area contributed by atoms with E-state index in [0.717, 1.165) is 27.2 Å². The fourth-order valence-electron chi connectivity index (χ4n) is 3.53. The number of thiazole rings is 1. The van der Waals surface area contributed by atoms with Crippen molar-refractivity contribution in [2.75, 3.05) is 4.90 Å². The topological polar surface area (TPSA) is 76.3 Å². The molecule has 2 aromatic carbocycles. The Labute approximate surface area is 183 Å². The van der Waals surface area contributed by atoms with Gasteiger partial charge in [-0.15, -0.1) is 5.10 Å². The predicted octanol–water partition coefficient (Wildman–Crippen LogP) is 5.14. The Morgan fingerprint density at radius 1 is 1.03 bits per heavy atom. The summed E-state index contributed by atoms with van der Waals surface area (Å²) in [6.45, 7) is 6.11. The number of amides is 1. The minimum absolute atomic E-state index is 0.0830. The van der Waals surface area contributed by atoms with Gasteiger partial charge in [-0.25, -0.2) is 19.4 Å². The van der Waals surface area contributed by atoms with Crippen molar-refractivity contribution in [2.24, 2.45) is 0 Å². The van der Waals surface area contributed by atoms with E-state index >= 15 is 0 Å². The first-order valence-corrected chi connectivity index (χ1v) is 10.8. The lowest BCUT2D eigenvalue weighted by Gasteiger charge is -2.23. The van der Waals surface area contributed by atoms with Crippen LogP contribution in [0.2, 0.25) is 0 Å². The number of benzene rings is 2. The smallest absolute Gasteiger partial charge is 0.264 e. The highest BCUT2D eigenvalue weighted by atomic mass is 32.1. The third-order valence-electron chi connectivity index (χ3n) is 5.10. The van der Waals surface area contributed by atoms with E-state index in [-0.39, 0.29) is 17.6 Å². The van der Waals surface area contributed by atoms with Gasteiger partial charge in [0.05, 0.1) is 15.9 Å². The van der Waals surface area contributed by atoms with Crippen molar-refractivity contribution < 1.29 is 4.79 Å². The maximum absolute atomic E-state index is 13.8. The average molecular weight is 429 g/mol. The second-order valence-corrected chi connectivity index (χ2v) is 8.56. The lowest BCUT2D eigenvalue weighted by Crippen LogP contribution is -2.28. The Balaban J connectivity index is 1.71. The molecule has 0 radical (unpaired) electrons. The highest BCUT2D eigenvalue weighted by Gasteiger charge is 2.29. The average Bonchev–Trinajstić information content (AvgIpc) is 3.39. The van der Waals surface area contributed by atoms with Crippen LogP contribution < -0.4 is 4.90 Å². The van der Waals surface area contributed by atoms with Gasteiger partial charge < -0.3 is 0 Å². The molecule has 0 aliphatic rings. The molecule has 0 saturated heterocycles. The Morgan fingerprint density at radius 3 is 2.58 bits per heavy atom. The Hall–Kier alpha value is -3.65. The zero-order valence-electron chi connectivity index (χ0n) is 17.4. The number of hydrogen-bond donors (Lipinski definition) is 0. The molecule has 0 N–H and O–H groups in total. The van der Waals surface area contributed by atoms with Crippen LogP contribution in [-0.2, 0) is 0 Å². The Bertz CT molecular complexity index is 1390. The summed E-state index contributed by atoms with van der Waals surface area (Å²) in [6, 6.07) is 17.6. The minimum Gasteiger partial charge on any atom is -0.264 e. The van der Waals surface area contributed by atoms with E-state index in [1.165, 1.54) is 11.3 Å². The number of nitrogens with zero attached hydrogens (tertiary/aromatic N) is 6. The fraction of sp³-hybridized carbons (Fsp3) is 0.174. The summed E-state index contributed by atoms with van der Waals surface area (Å²) in [4.78, 5) is 28.8. The number of carbonyl (C=O) groups excluding carboxylic acids is 1. The van der Waals surface area contributed by atoms with Crippen molar-refractivity contribution in [2.45, 2.75) is 26.7 Å². The van der Waals surface area contributed by atoms with Crippen molar-refractivity contribution in [1.82, 2.24) is 24.6 Å². The van der Waals surface area contributed by atoms with Gasteiger partial charge in [-0.05, 0) is 42.7 Å². The SMILES string of the molecule is Cc1ccnc2nc(C(=O)N(c3nc4ccccc4s3)c3ccccc3C(C)C)nn12. The van der Waals surface area contributed by atoms with Crippen molar-refractivity contribution in [3.8, 4) is 0 Å². The van der Waals surface area contributed by atoms with Crippen molar-refractivity contribution >= 4 is 44.1 Å². The molecule has 8 heteroatoms. The number of anilines is 2. The Morgan fingerprint density at radius 2 is 1.81 bits per heavy atom. The molecule has 5 rings (SSSR count). The van der Waals surface area contributed by atoms with Gasteiger partial charge in [-0.3, -0.25) is 4.79 Å². The summed E-state index contributed by atoms with van der Waals surface area (Å²) in [7, 11) is 0. The lowest BCUT2D eigenvalue weighted by molar-refractivity contribution is 0.0989. The molecule has 7 nitrogen and oxygen atoms in total. The highest BCUT2D eigenvalue weighted by Crippen LogP contribution is 2.37. The molecule has 0 unspecified atom stereocenters. The minimum atomic E-state index is -0.336. The monoisotopic (exact) mass is 428 g/mol. The molecule has 1 amide bonds. The van der Waals surface area contributed by atoms with Crippen LogP contribution in [0.1, 0.15) is 41.6 Å². The van der Waals surface area contributed by atoms with Gasteiger partial charge in [-0.2, -0.15) is 4.98 Å². The van der Waals surface area contributed by atoms with E-state index in [2.05, 4.69) is 28.9 Å². The normalized spacial score (nSPS) is 11.5. The zero-order valence-corrected chi connectivity index (χ0v) is 18.2. The molecule has 0 atom stereocenters. The first kappa shape index (κ1) is 19.3. The summed E-state index contributed by atoms with van der Waals surface area (Å²) < 4.78 is 2.59. The first-order valence-electron chi connectivity index (χ1n) is 10.0. The number of rotatable bonds is 4. The predicted molar refractivity (Wildman–Crippen MR) is 122 cm³/mol. The molecular weight excluding hydrogens is 408 g/mol. The van der Waals surface area contributed by atoms with Gasteiger partial charge in [-0.1, -0.05) is 55.5 Å². The van der Waals surface area contributed by atoms with Gasteiger partial charge in [0.25, 0.3) is 5.78 Å².